The molecule has 11 heavy (non-hydrogen) atoms. The van der Waals surface area contributed by atoms with Crippen LogP contribution in [-0.4, -0.2) is 16.3 Å². The Kier molecular flexibility index (Phi) is 3.93. The maximum absolute atomic E-state index is 7.17. The number of nitrogens with two attached hydrogens (primary N) is 1. The molecule has 0 aliphatic heterocycles. The Morgan fingerprint density at radius 2 is 2.00 bits per heavy atom. The largest absolute Gasteiger partial charge is 0.387 e. The van der Waals surface area contributed by atoms with Gasteiger partial charge in [-0.2, -0.15) is 11.8 Å². The molecule has 1 unspecified atom stereocenters. The average molecular weight is 174 g/mol. The van der Waals surface area contributed by atoms with Crippen molar-refractivity contribution in [3.63, 3.8) is 0 Å². The van der Waals surface area contributed by atoms with Crippen LogP contribution in [0.1, 0.15) is 27.7 Å². The van der Waals surface area contributed by atoms with Gasteiger partial charge in [0.15, 0.2) is 0 Å². The highest BCUT2D eigenvalue weighted by molar-refractivity contribution is 8.00. The van der Waals surface area contributed by atoms with Crippen molar-refractivity contribution in [2.75, 3.05) is 5.75 Å². The number of hydrogen-bond acceptors (Lipinski definition) is 2. The molecular formula is C8H18N2S. The second-order valence-electron chi connectivity index (χ2n) is 3.78. The molecule has 0 radical (unpaired) electrons. The summed E-state index contributed by atoms with van der Waals surface area (Å²) in [7, 11) is 0. The van der Waals surface area contributed by atoms with Gasteiger partial charge in [-0.25, -0.2) is 0 Å². The summed E-state index contributed by atoms with van der Waals surface area (Å²) in [5.41, 5.74) is 5.34. The summed E-state index contributed by atoms with van der Waals surface area (Å²) >= 11 is 1.85. The predicted octanol–water partition coefficient (Wildman–Crippen LogP) is 2.09. The Morgan fingerprint density at radius 1 is 1.55 bits per heavy atom. The first kappa shape index (κ1) is 10.8. The standard InChI is InChI=1S/C8H18N2S/c1-6(7(9)10)5-11-8(2,3)4/h6H,5H2,1-4H3,(H3,9,10). The highest BCUT2D eigenvalue weighted by Crippen LogP contribution is 2.25. The third-order valence-electron chi connectivity index (χ3n) is 1.30. The van der Waals surface area contributed by atoms with Crippen LogP contribution in [-0.2, 0) is 0 Å². The van der Waals surface area contributed by atoms with E-state index in [1.165, 1.54) is 0 Å². The minimum absolute atomic E-state index is 0.208. The number of hydrogen-bond donors (Lipinski definition) is 2. The van der Waals surface area contributed by atoms with Gasteiger partial charge >= 0.3 is 0 Å². The van der Waals surface area contributed by atoms with E-state index in [1.807, 2.05) is 18.7 Å². The van der Waals surface area contributed by atoms with Gasteiger partial charge in [0.1, 0.15) is 0 Å². The van der Waals surface area contributed by atoms with Crippen molar-refractivity contribution in [1.82, 2.24) is 0 Å². The number of amidine groups is 1. The van der Waals surface area contributed by atoms with Crippen LogP contribution in [0.15, 0.2) is 0 Å². The lowest BCUT2D eigenvalue weighted by molar-refractivity contribution is 0.789. The normalized spacial score (nSPS) is 14.5. The van der Waals surface area contributed by atoms with Crippen LogP contribution < -0.4 is 5.73 Å². The molecule has 2 nitrogen and oxygen atoms in total. The van der Waals surface area contributed by atoms with E-state index in [4.69, 9.17) is 11.1 Å². The minimum atomic E-state index is 0.208. The quantitative estimate of drug-likeness (QED) is 0.508. The van der Waals surface area contributed by atoms with E-state index < -0.39 is 0 Å². The zero-order chi connectivity index (χ0) is 9.07. The van der Waals surface area contributed by atoms with Gasteiger partial charge in [-0.3, -0.25) is 5.41 Å². The third kappa shape index (κ3) is 6.23. The zero-order valence-electron chi connectivity index (χ0n) is 7.77. The van der Waals surface area contributed by atoms with Crippen molar-refractivity contribution < 1.29 is 0 Å². The molecule has 0 aromatic heterocycles. The van der Waals surface area contributed by atoms with Crippen molar-refractivity contribution in [3.8, 4) is 0 Å². The molecule has 0 aliphatic rings. The molecule has 1 atom stereocenters. The Labute approximate surface area is 73.4 Å². The molecule has 0 heterocycles. The summed E-state index contributed by atoms with van der Waals surface area (Å²) < 4.78 is 0.281. The van der Waals surface area contributed by atoms with E-state index in [9.17, 15) is 0 Å². The van der Waals surface area contributed by atoms with E-state index in [0.29, 0.717) is 5.84 Å². The summed E-state index contributed by atoms with van der Waals surface area (Å²) in [5.74, 6) is 1.44. The summed E-state index contributed by atoms with van der Waals surface area (Å²) in [4.78, 5) is 0. The number of thioether (sulfide) groups is 1. The van der Waals surface area contributed by atoms with Gasteiger partial charge in [0.25, 0.3) is 0 Å². The molecule has 0 saturated heterocycles. The topological polar surface area (TPSA) is 49.9 Å². The first-order valence-electron chi connectivity index (χ1n) is 3.81. The average Bonchev–Trinajstić information content (AvgIpc) is 1.80. The molecular weight excluding hydrogens is 156 g/mol. The lowest BCUT2D eigenvalue weighted by Gasteiger charge is -2.19. The van der Waals surface area contributed by atoms with Crippen LogP contribution in [0.5, 0.6) is 0 Å². The third-order valence-corrected chi connectivity index (χ3v) is 2.83. The van der Waals surface area contributed by atoms with Crippen LogP contribution in [0.3, 0.4) is 0 Å². The lowest BCUT2D eigenvalue weighted by Crippen LogP contribution is -2.23. The van der Waals surface area contributed by atoms with E-state index >= 15 is 0 Å². The molecule has 0 spiro atoms. The van der Waals surface area contributed by atoms with Crippen molar-refractivity contribution in [2.24, 2.45) is 11.7 Å². The molecule has 0 aliphatic carbocycles. The second-order valence-corrected chi connectivity index (χ2v) is 5.63. The number of rotatable bonds is 3. The second kappa shape index (κ2) is 4.00. The summed E-state index contributed by atoms with van der Waals surface area (Å²) in [6.45, 7) is 8.50. The first-order chi connectivity index (χ1) is 4.83. The molecule has 3 N–H and O–H groups in total. The van der Waals surface area contributed by atoms with Crippen LogP contribution in [0.4, 0.5) is 0 Å². The SMILES string of the molecule is CC(CSC(C)(C)C)C(=N)N. The van der Waals surface area contributed by atoms with E-state index in [0.717, 1.165) is 5.75 Å². The van der Waals surface area contributed by atoms with E-state index in [1.54, 1.807) is 0 Å². The van der Waals surface area contributed by atoms with Crippen molar-refractivity contribution in [2.45, 2.75) is 32.4 Å². The van der Waals surface area contributed by atoms with E-state index in [2.05, 4.69) is 20.8 Å². The van der Waals surface area contributed by atoms with Gasteiger partial charge in [0, 0.05) is 16.4 Å². The fourth-order valence-corrected chi connectivity index (χ4v) is 1.39. The molecule has 0 rings (SSSR count). The molecule has 0 amide bonds. The Bertz CT molecular complexity index is 138. The summed E-state index contributed by atoms with van der Waals surface area (Å²) in [6.07, 6.45) is 0. The number of nitrogens with one attached hydrogen (secondary N) is 1. The molecule has 0 aromatic carbocycles. The van der Waals surface area contributed by atoms with E-state index in [-0.39, 0.29) is 10.7 Å². The van der Waals surface area contributed by atoms with Gasteiger partial charge in [0.2, 0.25) is 0 Å². The van der Waals surface area contributed by atoms with Crippen molar-refractivity contribution in [3.05, 3.63) is 0 Å². The molecule has 0 saturated carbocycles. The highest BCUT2D eigenvalue weighted by atomic mass is 32.2. The highest BCUT2D eigenvalue weighted by Gasteiger charge is 2.13. The van der Waals surface area contributed by atoms with Gasteiger partial charge in [0.05, 0.1) is 5.84 Å². The van der Waals surface area contributed by atoms with Gasteiger partial charge in [-0.1, -0.05) is 27.7 Å². The van der Waals surface area contributed by atoms with Gasteiger partial charge < -0.3 is 5.73 Å². The maximum atomic E-state index is 7.17. The first-order valence-corrected chi connectivity index (χ1v) is 4.79. The molecule has 0 aromatic rings. The smallest absolute Gasteiger partial charge is 0.0942 e. The lowest BCUT2D eigenvalue weighted by atomic mass is 10.2. The molecule has 0 bridgehead atoms. The molecule has 0 fully saturated rings. The Balaban J connectivity index is 3.63. The monoisotopic (exact) mass is 174 g/mol. The predicted molar refractivity (Wildman–Crippen MR) is 53.3 cm³/mol. The zero-order valence-corrected chi connectivity index (χ0v) is 8.59. The van der Waals surface area contributed by atoms with Crippen LogP contribution in [0.2, 0.25) is 0 Å². The van der Waals surface area contributed by atoms with Crippen LogP contribution >= 0.6 is 11.8 Å². The van der Waals surface area contributed by atoms with Crippen LogP contribution in [0.25, 0.3) is 0 Å². The maximum Gasteiger partial charge on any atom is 0.0942 e. The Morgan fingerprint density at radius 3 is 2.27 bits per heavy atom. The van der Waals surface area contributed by atoms with Crippen molar-refractivity contribution >= 4 is 17.6 Å². The molecule has 66 valence electrons. The fraction of sp³-hybridized carbons (Fsp3) is 0.875. The molecule has 3 heteroatoms. The van der Waals surface area contributed by atoms with Gasteiger partial charge in [-0.05, 0) is 0 Å². The van der Waals surface area contributed by atoms with Crippen molar-refractivity contribution in [1.29, 1.82) is 5.41 Å². The van der Waals surface area contributed by atoms with Crippen LogP contribution in [0, 0.1) is 11.3 Å². The fourth-order valence-electron chi connectivity index (χ4n) is 0.465. The Hall–Kier alpha value is -0.180. The minimum Gasteiger partial charge on any atom is -0.387 e. The van der Waals surface area contributed by atoms with Gasteiger partial charge in [-0.15, -0.1) is 0 Å². The summed E-state index contributed by atoms with van der Waals surface area (Å²) in [6, 6.07) is 0. The summed E-state index contributed by atoms with van der Waals surface area (Å²) in [5, 5.41) is 7.17.